The second-order valence-corrected chi connectivity index (χ2v) is 4.72. The van der Waals surface area contributed by atoms with Crippen molar-refractivity contribution in [2.75, 3.05) is 39.9 Å². The van der Waals surface area contributed by atoms with Crippen LogP contribution in [0.2, 0.25) is 0 Å². The summed E-state index contributed by atoms with van der Waals surface area (Å²) in [7, 11) is 1.78. The van der Waals surface area contributed by atoms with Crippen molar-refractivity contribution in [2.24, 2.45) is 11.8 Å². The van der Waals surface area contributed by atoms with Crippen LogP contribution in [-0.2, 0) is 4.74 Å². The summed E-state index contributed by atoms with van der Waals surface area (Å²) in [5.41, 5.74) is 0. The van der Waals surface area contributed by atoms with Gasteiger partial charge >= 0.3 is 0 Å². The zero-order chi connectivity index (χ0) is 11.3. The van der Waals surface area contributed by atoms with Gasteiger partial charge in [0.25, 0.3) is 0 Å². The van der Waals surface area contributed by atoms with Gasteiger partial charge in [-0.15, -0.1) is 0 Å². The van der Waals surface area contributed by atoms with Gasteiger partial charge in [-0.05, 0) is 31.5 Å². The summed E-state index contributed by atoms with van der Waals surface area (Å²) in [6.07, 6.45) is 0. The molecule has 0 aliphatic carbocycles. The fourth-order valence-electron chi connectivity index (χ4n) is 2.79. The van der Waals surface area contributed by atoms with Crippen LogP contribution < -0.4 is 5.32 Å². The highest BCUT2D eigenvalue weighted by molar-refractivity contribution is 4.87. The molecule has 1 rings (SSSR count). The van der Waals surface area contributed by atoms with Gasteiger partial charge in [-0.1, -0.05) is 20.8 Å². The average Bonchev–Trinajstić information content (AvgIpc) is 2.22. The van der Waals surface area contributed by atoms with E-state index in [4.69, 9.17) is 4.74 Å². The average molecular weight is 214 g/mol. The van der Waals surface area contributed by atoms with Gasteiger partial charge in [-0.25, -0.2) is 0 Å². The van der Waals surface area contributed by atoms with Gasteiger partial charge in [0.15, 0.2) is 0 Å². The van der Waals surface area contributed by atoms with Gasteiger partial charge in [-0.3, -0.25) is 4.90 Å². The molecular formula is C12H26N2O. The van der Waals surface area contributed by atoms with Crippen LogP contribution in [0.25, 0.3) is 0 Å². The molecule has 0 aromatic heterocycles. The van der Waals surface area contributed by atoms with Crippen molar-refractivity contribution in [1.82, 2.24) is 10.2 Å². The predicted octanol–water partition coefficient (Wildman–Crippen LogP) is 1.20. The van der Waals surface area contributed by atoms with Crippen LogP contribution in [0, 0.1) is 11.8 Å². The quantitative estimate of drug-likeness (QED) is 0.744. The molecule has 1 N–H and O–H groups in total. The topological polar surface area (TPSA) is 24.5 Å². The number of nitrogens with one attached hydrogen (secondary N) is 1. The highest BCUT2D eigenvalue weighted by atomic mass is 16.5. The molecule has 0 bridgehead atoms. The highest BCUT2D eigenvalue weighted by Crippen LogP contribution is 2.22. The molecule has 0 aromatic carbocycles. The summed E-state index contributed by atoms with van der Waals surface area (Å²) in [4.78, 5) is 2.57. The number of nitrogens with zero attached hydrogens (tertiary/aromatic N) is 1. The van der Waals surface area contributed by atoms with E-state index in [0.29, 0.717) is 6.04 Å². The Morgan fingerprint density at radius 2 is 1.87 bits per heavy atom. The van der Waals surface area contributed by atoms with Crippen LogP contribution in [0.1, 0.15) is 20.8 Å². The van der Waals surface area contributed by atoms with Crippen LogP contribution >= 0.6 is 0 Å². The summed E-state index contributed by atoms with van der Waals surface area (Å²) in [5.74, 6) is 1.48. The van der Waals surface area contributed by atoms with Crippen LogP contribution in [0.5, 0.6) is 0 Å². The van der Waals surface area contributed by atoms with E-state index in [-0.39, 0.29) is 0 Å². The molecule has 0 saturated carbocycles. The van der Waals surface area contributed by atoms with Gasteiger partial charge in [0.1, 0.15) is 0 Å². The molecule has 0 spiro atoms. The maximum Gasteiger partial charge on any atom is 0.0589 e. The van der Waals surface area contributed by atoms with Crippen molar-refractivity contribution in [3.63, 3.8) is 0 Å². The first-order valence-corrected chi connectivity index (χ1v) is 6.14. The van der Waals surface area contributed by atoms with E-state index in [0.717, 1.165) is 44.6 Å². The molecule has 1 aliphatic rings. The zero-order valence-corrected chi connectivity index (χ0v) is 10.6. The molecule has 0 amide bonds. The van der Waals surface area contributed by atoms with Crippen molar-refractivity contribution in [2.45, 2.75) is 26.8 Å². The Morgan fingerprint density at radius 3 is 2.33 bits per heavy atom. The Balaban J connectivity index is 2.54. The second kappa shape index (κ2) is 6.46. The van der Waals surface area contributed by atoms with Crippen LogP contribution in [0.15, 0.2) is 0 Å². The third kappa shape index (κ3) is 3.44. The minimum absolute atomic E-state index is 0.714. The predicted molar refractivity (Wildman–Crippen MR) is 64.1 cm³/mol. The first kappa shape index (κ1) is 12.9. The van der Waals surface area contributed by atoms with Crippen LogP contribution in [-0.4, -0.2) is 50.8 Å². The van der Waals surface area contributed by atoms with Crippen LogP contribution in [0.3, 0.4) is 0 Å². The first-order valence-electron chi connectivity index (χ1n) is 6.14. The lowest BCUT2D eigenvalue weighted by Gasteiger charge is -2.42. The minimum atomic E-state index is 0.714. The van der Waals surface area contributed by atoms with E-state index in [1.54, 1.807) is 7.11 Å². The fourth-order valence-corrected chi connectivity index (χ4v) is 2.79. The molecule has 15 heavy (non-hydrogen) atoms. The summed E-state index contributed by atoms with van der Waals surface area (Å²) >= 11 is 0. The SMILES string of the molecule is CCN(CCOC)C1C(C)CNCC1C. The molecule has 1 aliphatic heterocycles. The van der Waals surface area contributed by atoms with E-state index in [2.05, 4.69) is 31.0 Å². The lowest BCUT2D eigenvalue weighted by Crippen LogP contribution is -2.54. The molecule has 2 atom stereocenters. The third-order valence-corrected chi connectivity index (χ3v) is 3.51. The number of likely N-dealkylation sites (N-methyl/N-ethyl adjacent to an activating group) is 1. The lowest BCUT2D eigenvalue weighted by atomic mass is 9.85. The number of methoxy groups -OCH3 is 1. The Bertz CT molecular complexity index is 165. The molecule has 3 heteroatoms. The van der Waals surface area contributed by atoms with Gasteiger partial charge in [0.05, 0.1) is 6.61 Å². The smallest absolute Gasteiger partial charge is 0.0589 e. The number of hydrogen-bond acceptors (Lipinski definition) is 3. The fraction of sp³-hybridized carbons (Fsp3) is 1.00. The van der Waals surface area contributed by atoms with E-state index in [9.17, 15) is 0 Å². The Labute approximate surface area is 94.2 Å². The van der Waals surface area contributed by atoms with E-state index in [1.165, 1.54) is 0 Å². The molecule has 3 nitrogen and oxygen atoms in total. The third-order valence-electron chi connectivity index (χ3n) is 3.51. The summed E-state index contributed by atoms with van der Waals surface area (Å²) in [6.45, 7) is 12.3. The monoisotopic (exact) mass is 214 g/mol. The number of hydrogen-bond donors (Lipinski definition) is 1. The van der Waals surface area contributed by atoms with E-state index >= 15 is 0 Å². The molecule has 0 radical (unpaired) electrons. The second-order valence-electron chi connectivity index (χ2n) is 4.72. The maximum atomic E-state index is 5.18. The molecule has 1 heterocycles. The van der Waals surface area contributed by atoms with E-state index in [1.807, 2.05) is 0 Å². The minimum Gasteiger partial charge on any atom is -0.383 e. The van der Waals surface area contributed by atoms with Gasteiger partial charge in [-0.2, -0.15) is 0 Å². The zero-order valence-electron chi connectivity index (χ0n) is 10.6. The van der Waals surface area contributed by atoms with Crippen molar-refractivity contribution in [1.29, 1.82) is 0 Å². The Morgan fingerprint density at radius 1 is 1.27 bits per heavy atom. The normalized spacial score (nSPS) is 32.2. The number of piperidine rings is 1. The summed E-state index contributed by atoms with van der Waals surface area (Å²) in [5, 5.41) is 3.49. The van der Waals surface area contributed by atoms with Gasteiger partial charge in [0, 0.05) is 19.7 Å². The van der Waals surface area contributed by atoms with Gasteiger partial charge in [0.2, 0.25) is 0 Å². The van der Waals surface area contributed by atoms with E-state index < -0.39 is 0 Å². The van der Waals surface area contributed by atoms with Gasteiger partial charge < -0.3 is 10.1 Å². The molecular weight excluding hydrogens is 188 g/mol. The summed E-state index contributed by atoms with van der Waals surface area (Å²) < 4.78 is 5.18. The lowest BCUT2D eigenvalue weighted by molar-refractivity contribution is 0.0575. The Hall–Kier alpha value is -0.120. The molecule has 0 aromatic rings. The molecule has 90 valence electrons. The number of ether oxygens (including phenoxy) is 1. The van der Waals surface area contributed by atoms with Crippen molar-refractivity contribution in [3.8, 4) is 0 Å². The van der Waals surface area contributed by atoms with Crippen molar-refractivity contribution < 1.29 is 4.74 Å². The number of rotatable bonds is 5. The van der Waals surface area contributed by atoms with Crippen molar-refractivity contribution >= 4 is 0 Å². The maximum absolute atomic E-state index is 5.18. The largest absolute Gasteiger partial charge is 0.383 e. The standard InChI is InChI=1S/C12H26N2O/c1-5-14(6-7-15-4)12-10(2)8-13-9-11(12)3/h10-13H,5-9H2,1-4H3. The highest BCUT2D eigenvalue weighted by Gasteiger charge is 2.31. The molecule has 1 saturated heterocycles. The van der Waals surface area contributed by atoms with Crippen molar-refractivity contribution in [3.05, 3.63) is 0 Å². The molecule has 2 unspecified atom stereocenters. The summed E-state index contributed by atoms with van der Waals surface area (Å²) in [6, 6.07) is 0.714. The van der Waals surface area contributed by atoms with Crippen LogP contribution in [0.4, 0.5) is 0 Å². The Kier molecular flexibility index (Phi) is 5.58. The molecule has 1 fully saturated rings. The first-order chi connectivity index (χ1) is 7.20.